The zero-order chi connectivity index (χ0) is 20.1. The molecular weight excluding hydrogens is 425 g/mol. The lowest BCUT2D eigenvalue weighted by Gasteiger charge is -2.22. The van der Waals surface area contributed by atoms with Crippen molar-refractivity contribution in [1.29, 1.82) is 0 Å². The first-order chi connectivity index (χ1) is 13.4. The summed E-state index contributed by atoms with van der Waals surface area (Å²) >= 11 is 3.14. The van der Waals surface area contributed by atoms with E-state index in [9.17, 15) is 14.0 Å². The van der Waals surface area contributed by atoms with E-state index in [1.54, 1.807) is 17.0 Å². The van der Waals surface area contributed by atoms with Gasteiger partial charge in [-0.05, 0) is 52.2 Å². The number of hydrogen-bond acceptors (Lipinski definition) is 3. The van der Waals surface area contributed by atoms with Crippen molar-refractivity contribution in [3.8, 4) is 0 Å². The molecule has 28 heavy (non-hydrogen) atoms. The van der Waals surface area contributed by atoms with Crippen LogP contribution in [0.5, 0.6) is 0 Å². The molecule has 0 unspecified atom stereocenters. The average Bonchev–Trinajstić information content (AvgIpc) is 2.90. The van der Waals surface area contributed by atoms with E-state index in [0.29, 0.717) is 17.6 Å². The molecule has 0 atom stereocenters. The van der Waals surface area contributed by atoms with Gasteiger partial charge in [0.05, 0.1) is 10.0 Å². The second-order valence-corrected chi connectivity index (χ2v) is 7.76. The molecule has 0 bridgehead atoms. The highest BCUT2D eigenvalue weighted by molar-refractivity contribution is 9.10. The Bertz CT molecular complexity index is 857. The fourth-order valence-corrected chi connectivity index (χ4v) is 3.69. The molecule has 0 aromatic heterocycles. The summed E-state index contributed by atoms with van der Waals surface area (Å²) in [7, 11) is 0. The van der Waals surface area contributed by atoms with Crippen LogP contribution in [-0.4, -0.2) is 47.8 Å². The largest absolute Gasteiger partial charge is 0.337 e. The number of anilines is 1. The summed E-state index contributed by atoms with van der Waals surface area (Å²) in [4.78, 5) is 27.8. The van der Waals surface area contributed by atoms with Gasteiger partial charge in [0.25, 0.3) is 5.91 Å². The SMILES string of the molecule is CC(=O)Nc1ccc(CN2CCCN(C(=O)c3cccc(Br)c3F)CC2)cc1. The van der Waals surface area contributed by atoms with Crippen LogP contribution in [0.1, 0.15) is 29.3 Å². The predicted octanol–water partition coefficient (Wildman–Crippen LogP) is 3.89. The molecule has 2 aromatic rings. The highest BCUT2D eigenvalue weighted by Gasteiger charge is 2.23. The van der Waals surface area contributed by atoms with Crippen molar-refractivity contribution < 1.29 is 14.0 Å². The monoisotopic (exact) mass is 447 g/mol. The summed E-state index contributed by atoms with van der Waals surface area (Å²) in [6, 6.07) is 12.6. The molecule has 3 rings (SSSR count). The zero-order valence-corrected chi connectivity index (χ0v) is 17.3. The zero-order valence-electron chi connectivity index (χ0n) is 15.8. The second-order valence-electron chi connectivity index (χ2n) is 6.90. The minimum absolute atomic E-state index is 0.0908. The van der Waals surface area contributed by atoms with Crippen LogP contribution in [0.2, 0.25) is 0 Å². The number of halogens is 2. The number of benzene rings is 2. The van der Waals surface area contributed by atoms with Crippen molar-refractivity contribution in [1.82, 2.24) is 9.80 Å². The van der Waals surface area contributed by atoms with E-state index in [4.69, 9.17) is 0 Å². The van der Waals surface area contributed by atoms with E-state index >= 15 is 0 Å². The molecule has 5 nitrogen and oxygen atoms in total. The molecule has 2 aromatic carbocycles. The highest BCUT2D eigenvalue weighted by atomic mass is 79.9. The van der Waals surface area contributed by atoms with Crippen molar-refractivity contribution in [3.63, 3.8) is 0 Å². The molecule has 2 amide bonds. The Balaban J connectivity index is 1.59. The first-order valence-electron chi connectivity index (χ1n) is 9.26. The number of hydrogen-bond donors (Lipinski definition) is 1. The predicted molar refractivity (Wildman–Crippen MR) is 111 cm³/mol. The highest BCUT2D eigenvalue weighted by Crippen LogP contribution is 2.21. The fourth-order valence-electron chi connectivity index (χ4n) is 3.33. The van der Waals surface area contributed by atoms with E-state index < -0.39 is 5.82 Å². The molecule has 1 saturated heterocycles. The minimum Gasteiger partial charge on any atom is -0.337 e. The minimum atomic E-state index is -0.507. The van der Waals surface area contributed by atoms with E-state index in [0.717, 1.165) is 37.3 Å². The van der Waals surface area contributed by atoms with Crippen LogP contribution in [-0.2, 0) is 11.3 Å². The maximum Gasteiger partial charge on any atom is 0.256 e. The summed E-state index contributed by atoms with van der Waals surface area (Å²) in [6.07, 6.45) is 0.839. The molecular formula is C21H23BrFN3O2. The summed E-state index contributed by atoms with van der Waals surface area (Å²) in [5, 5.41) is 2.76. The van der Waals surface area contributed by atoms with Gasteiger partial charge in [-0.1, -0.05) is 18.2 Å². The van der Waals surface area contributed by atoms with Gasteiger partial charge in [-0.2, -0.15) is 0 Å². The molecule has 0 spiro atoms. The second kappa shape index (κ2) is 9.30. The third-order valence-corrected chi connectivity index (χ3v) is 5.35. The van der Waals surface area contributed by atoms with Crippen LogP contribution in [0.4, 0.5) is 10.1 Å². The summed E-state index contributed by atoms with van der Waals surface area (Å²) < 4.78 is 14.6. The van der Waals surface area contributed by atoms with Crippen molar-refractivity contribution in [2.75, 3.05) is 31.5 Å². The first kappa shape index (κ1) is 20.5. The van der Waals surface area contributed by atoms with Crippen LogP contribution < -0.4 is 5.32 Å². The maximum absolute atomic E-state index is 14.3. The molecule has 0 aliphatic carbocycles. The van der Waals surface area contributed by atoms with Crippen LogP contribution in [0.3, 0.4) is 0 Å². The Kier molecular flexibility index (Phi) is 6.80. The van der Waals surface area contributed by atoms with Gasteiger partial charge in [0.2, 0.25) is 5.91 Å². The molecule has 1 N–H and O–H groups in total. The lowest BCUT2D eigenvalue weighted by Crippen LogP contribution is -2.35. The Morgan fingerprint density at radius 2 is 1.82 bits per heavy atom. The lowest BCUT2D eigenvalue weighted by molar-refractivity contribution is -0.114. The van der Waals surface area contributed by atoms with Gasteiger partial charge in [0, 0.05) is 45.3 Å². The van der Waals surface area contributed by atoms with Gasteiger partial charge in [0.1, 0.15) is 5.82 Å². The van der Waals surface area contributed by atoms with Crippen LogP contribution in [0.25, 0.3) is 0 Å². The molecule has 1 aliphatic heterocycles. The molecule has 148 valence electrons. The van der Waals surface area contributed by atoms with Gasteiger partial charge in [-0.3, -0.25) is 14.5 Å². The number of nitrogens with zero attached hydrogens (tertiary/aromatic N) is 2. The number of amides is 2. The van der Waals surface area contributed by atoms with Gasteiger partial charge >= 0.3 is 0 Å². The van der Waals surface area contributed by atoms with Crippen molar-refractivity contribution in [3.05, 3.63) is 63.9 Å². The number of rotatable bonds is 4. The summed E-state index contributed by atoms with van der Waals surface area (Å²) in [6.45, 7) is 5.04. The standard InChI is InChI=1S/C21H23BrFN3O2/c1-15(27)24-17-8-6-16(7-9-17)14-25-10-3-11-26(13-12-25)21(28)18-4-2-5-19(22)20(18)23/h2,4-9H,3,10-14H2,1H3,(H,24,27). The fraction of sp³-hybridized carbons (Fsp3) is 0.333. The van der Waals surface area contributed by atoms with Gasteiger partial charge in [-0.25, -0.2) is 4.39 Å². The van der Waals surface area contributed by atoms with Crippen molar-refractivity contribution >= 4 is 33.4 Å². The summed E-state index contributed by atoms with van der Waals surface area (Å²) in [5.41, 5.74) is 2.03. The van der Waals surface area contributed by atoms with E-state index in [-0.39, 0.29) is 17.4 Å². The Labute approximate surface area is 172 Å². The van der Waals surface area contributed by atoms with Crippen LogP contribution in [0.15, 0.2) is 46.9 Å². The third-order valence-electron chi connectivity index (χ3n) is 4.74. The normalized spacial score (nSPS) is 15.2. The van der Waals surface area contributed by atoms with Crippen molar-refractivity contribution in [2.24, 2.45) is 0 Å². The average molecular weight is 448 g/mol. The molecule has 1 heterocycles. The number of carbonyl (C=O) groups excluding carboxylic acids is 2. The van der Waals surface area contributed by atoms with E-state index in [1.807, 2.05) is 24.3 Å². The Hall–Kier alpha value is -2.25. The molecule has 0 saturated carbocycles. The molecule has 7 heteroatoms. The molecule has 1 fully saturated rings. The maximum atomic E-state index is 14.3. The van der Waals surface area contributed by atoms with Crippen LogP contribution in [0, 0.1) is 5.82 Å². The number of nitrogens with one attached hydrogen (secondary N) is 1. The Morgan fingerprint density at radius 3 is 2.54 bits per heavy atom. The van der Waals surface area contributed by atoms with Crippen molar-refractivity contribution in [2.45, 2.75) is 19.9 Å². The summed E-state index contributed by atoms with van der Waals surface area (Å²) in [5.74, 6) is -0.861. The third kappa shape index (κ3) is 5.17. The van der Waals surface area contributed by atoms with E-state index in [2.05, 4.69) is 26.1 Å². The van der Waals surface area contributed by atoms with Crippen LogP contribution >= 0.6 is 15.9 Å². The van der Waals surface area contributed by atoms with Gasteiger partial charge < -0.3 is 10.2 Å². The topological polar surface area (TPSA) is 52.7 Å². The first-order valence-corrected chi connectivity index (χ1v) is 10.1. The van der Waals surface area contributed by atoms with Gasteiger partial charge in [0.15, 0.2) is 0 Å². The molecule has 1 aliphatic rings. The molecule has 0 radical (unpaired) electrons. The number of carbonyl (C=O) groups is 2. The lowest BCUT2D eigenvalue weighted by atomic mass is 10.2. The Morgan fingerprint density at radius 1 is 1.07 bits per heavy atom. The smallest absolute Gasteiger partial charge is 0.256 e. The quantitative estimate of drug-likeness (QED) is 0.772. The van der Waals surface area contributed by atoms with Gasteiger partial charge in [-0.15, -0.1) is 0 Å². The van der Waals surface area contributed by atoms with E-state index in [1.165, 1.54) is 13.0 Å².